The zero-order chi connectivity index (χ0) is 19.6. The van der Waals surface area contributed by atoms with E-state index in [1.165, 1.54) is 0 Å². The number of likely N-dealkylation sites (tertiary alicyclic amines) is 1. The number of nitrogens with two attached hydrogens (primary N) is 1. The molecule has 2 fully saturated rings. The van der Waals surface area contributed by atoms with Crippen molar-refractivity contribution in [3.8, 4) is 0 Å². The van der Waals surface area contributed by atoms with Gasteiger partial charge in [0.15, 0.2) is 0 Å². The molecule has 1 saturated heterocycles. The number of hydrogen-bond acceptors (Lipinski definition) is 4. The summed E-state index contributed by atoms with van der Waals surface area (Å²) < 4.78 is 5.62. The van der Waals surface area contributed by atoms with Crippen LogP contribution in [0.25, 0.3) is 0 Å². The van der Waals surface area contributed by atoms with Gasteiger partial charge in [0, 0.05) is 6.54 Å². The molecule has 2 N–H and O–H groups in total. The summed E-state index contributed by atoms with van der Waals surface area (Å²) in [5.74, 6) is 0.190. The first-order valence-corrected chi connectivity index (χ1v) is 10.1. The van der Waals surface area contributed by atoms with Crippen LogP contribution in [0.3, 0.4) is 0 Å². The molecular formula is C22H32N2O3. The SMILES string of the molecule is CCC(C)(C)[C@H](N)C(=O)N1C[C@@H]2CCC[C@@H]2[C@H]1C(=O)OCc1ccccc1. The van der Waals surface area contributed by atoms with Gasteiger partial charge in [0.25, 0.3) is 0 Å². The van der Waals surface area contributed by atoms with Gasteiger partial charge in [-0.3, -0.25) is 4.79 Å². The quantitative estimate of drug-likeness (QED) is 0.779. The Balaban J connectivity index is 1.74. The Hall–Kier alpha value is -1.88. The highest BCUT2D eigenvalue weighted by Crippen LogP contribution is 2.43. The highest BCUT2D eigenvalue weighted by Gasteiger charge is 2.51. The van der Waals surface area contributed by atoms with Gasteiger partial charge < -0.3 is 15.4 Å². The average Bonchev–Trinajstić information content (AvgIpc) is 3.26. The number of carbonyl (C=O) groups is 2. The van der Waals surface area contributed by atoms with Crippen LogP contribution in [0, 0.1) is 17.3 Å². The fraction of sp³-hybridized carbons (Fsp3) is 0.636. The molecule has 0 radical (unpaired) electrons. The van der Waals surface area contributed by atoms with Gasteiger partial charge in [0.2, 0.25) is 5.91 Å². The smallest absolute Gasteiger partial charge is 0.329 e. The fourth-order valence-electron chi connectivity index (χ4n) is 4.38. The third-order valence-electron chi connectivity index (χ3n) is 6.66. The maximum Gasteiger partial charge on any atom is 0.329 e. The average molecular weight is 373 g/mol. The molecule has 1 heterocycles. The van der Waals surface area contributed by atoms with Gasteiger partial charge in [0.1, 0.15) is 12.6 Å². The Morgan fingerprint density at radius 2 is 1.96 bits per heavy atom. The Bertz CT molecular complexity index is 673. The van der Waals surface area contributed by atoms with Gasteiger partial charge in [-0.25, -0.2) is 4.79 Å². The van der Waals surface area contributed by atoms with Gasteiger partial charge in [-0.2, -0.15) is 0 Å². The first-order chi connectivity index (χ1) is 12.8. The largest absolute Gasteiger partial charge is 0.459 e. The minimum atomic E-state index is -0.606. The molecule has 0 aromatic heterocycles. The third-order valence-corrected chi connectivity index (χ3v) is 6.66. The van der Waals surface area contributed by atoms with Crippen molar-refractivity contribution in [3.63, 3.8) is 0 Å². The van der Waals surface area contributed by atoms with E-state index in [4.69, 9.17) is 10.5 Å². The summed E-state index contributed by atoms with van der Waals surface area (Å²) in [7, 11) is 0. The van der Waals surface area contributed by atoms with Gasteiger partial charge in [-0.15, -0.1) is 0 Å². The van der Waals surface area contributed by atoms with Crippen molar-refractivity contribution in [3.05, 3.63) is 35.9 Å². The van der Waals surface area contributed by atoms with Crippen LogP contribution in [-0.2, 0) is 20.9 Å². The van der Waals surface area contributed by atoms with Crippen LogP contribution in [0.4, 0.5) is 0 Å². The molecule has 27 heavy (non-hydrogen) atoms. The number of nitrogens with zero attached hydrogens (tertiary/aromatic N) is 1. The summed E-state index contributed by atoms with van der Waals surface area (Å²) in [6.45, 7) is 6.92. The molecule has 5 nitrogen and oxygen atoms in total. The Morgan fingerprint density at radius 3 is 2.63 bits per heavy atom. The fourth-order valence-corrected chi connectivity index (χ4v) is 4.38. The van der Waals surface area contributed by atoms with Crippen LogP contribution in [0.2, 0.25) is 0 Å². The van der Waals surface area contributed by atoms with Crippen molar-refractivity contribution in [2.24, 2.45) is 23.0 Å². The highest BCUT2D eigenvalue weighted by atomic mass is 16.5. The van der Waals surface area contributed by atoms with E-state index in [0.29, 0.717) is 12.5 Å². The Kier molecular flexibility index (Phi) is 5.89. The molecule has 5 heteroatoms. The van der Waals surface area contributed by atoms with E-state index in [1.54, 1.807) is 4.90 Å². The number of fused-ring (bicyclic) bond motifs is 1. The molecule has 1 aliphatic heterocycles. The van der Waals surface area contributed by atoms with Crippen molar-refractivity contribution < 1.29 is 14.3 Å². The normalized spacial score (nSPS) is 25.9. The number of amides is 1. The molecule has 1 aliphatic carbocycles. The molecule has 1 aromatic carbocycles. The zero-order valence-electron chi connectivity index (χ0n) is 16.7. The van der Waals surface area contributed by atoms with Crippen molar-refractivity contribution in [2.45, 2.75) is 65.1 Å². The molecule has 148 valence electrons. The van der Waals surface area contributed by atoms with Gasteiger partial charge in [-0.1, -0.05) is 57.5 Å². The molecule has 2 aliphatic rings. The van der Waals surface area contributed by atoms with E-state index in [1.807, 2.05) is 51.1 Å². The van der Waals surface area contributed by atoms with Gasteiger partial charge in [-0.05, 0) is 42.1 Å². The predicted molar refractivity (Wildman–Crippen MR) is 105 cm³/mol. The van der Waals surface area contributed by atoms with E-state index in [-0.39, 0.29) is 29.8 Å². The molecule has 0 spiro atoms. The van der Waals surface area contributed by atoms with Crippen LogP contribution in [0.1, 0.15) is 52.0 Å². The lowest BCUT2D eigenvalue weighted by atomic mass is 9.81. The number of carbonyl (C=O) groups excluding carboxylic acids is 2. The van der Waals surface area contributed by atoms with Crippen molar-refractivity contribution in [2.75, 3.05) is 6.54 Å². The number of esters is 1. The molecule has 1 amide bonds. The van der Waals surface area contributed by atoms with Crippen molar-refractivity contribution in [1.82, 2.24) is 4.90 Å². The minimum absolute atomic E-state index is 0.113. The third kappa shape index (κ3) is 4.03. The van der Waals surface area contributed by atoms with Crippen LogP contribution in [-0.4, -0.2) is 35.4 Å². The van der Waals surface area contributed by atoms with E-state index < -0.39 is 12.1 Å². The number of ether oxygens (including phenoxy) is 1. The van der Waals surface area contributed by atoms with Crippen LogP contribution >= 0.6 is 0 Å². The Labute approximate surface area is 162 Å². The second kappa shape index (κ2) is 8.01. The lowest BCUT2D eigenvalue weighted by Crippen LogP contribution is -2.55. The van der Waals surface area contributed by atoms with Gasteiger partial charge >= 0.3 is 5.97 Å². The molecule has 3 rings (SSSR count). The second-order valence-electron chi connectivity index (χ2n) is 8.70. The maximum atomic E-state index is 13.2. The van der Waals surface area contributed by atoms with Crippen molar-refractivity contribution in [1.29, 1.82) is 0 Å². The number of benzene rings is 1. The lowest BCUT2D eigenvalue weighted by molar-refractivity contribution is -0.157. The maximum absolute atomic E-state index is 13.2. The summed E-state index contributed by atoms with van der Waals surface area (Å²) in [6.07, 6.45) is 3.98. The highest BCUT2D eigenvalue weighted by molar-refractivity contribution is 5.89. The molecular weight excluding hydrogens is 340 g/mol. The summed E-state index contributed by atoms with van der Waals surface area (Å²) >= 11 is 0. The summed E-state index contributed by atoms with van der Waals surface area (Å²) in [5, 5.41) is 0. The predicted octanol–water partition coefficient (Wildman–Crippen LogP) is 3.12. The zero-order valence-corrected chi connectivity index (χ0v) is 16.7. The van der Waals surface area contributed by atoms with E-state index in [9.17, 15) is 9.59 Å². The second-order valence-corrected chi connectivity index (χ2v) is 8.70. The van der Waals surface area contributed by atoms with Crippen molar-refractivity contribution >= 4 is 11.9 Å². The summed E-state index contributed by atoms with van der Waals surface area (Å²) in [5.41, 5.74) is 6.97. The minimum Gasteiger partial charge on any atom is -0.459 e. The topological polar surface area (TPSA) is 72.6 Å². The lowest BCUT2D eigenvalue weighted by Gasteiger charge is -2.35. The monoisotopic (exact) mass is 372 g/mol. The van der Waals surface area contributed by atoms with Crippen LogP contribution in [0.5, 0.6) is 0 Å². The molecule has 0 bridgehead atoms. The molecule has 1 saturated carbocycles. The van der Waals surface area contributed by atoms with Crippen LogP contribution in [0.15, 0.2) is 30.3 Å². The molecule has 4 atom stereocenters. The first-order valence-electron chi connectivity index (χ1n) is 10.1. The summed E-state index contributed by atoms with van der Waals surface area (Å²) in [6, 6.07) is 8.55. The van der Waals surface area contributed by atoms with Crippen LogP contribution < -0.4 is 5.73 Å². The Morgan fingerprint density at radius 1 is 1.26 bits per heavy atom. The summed E-state index contributed by atoms with van der Waals surface area (Å²) in [4.78, 5) is 27.9. The number of rotatable bonds is 6. The standard InChI is InChI=1S/C22H32N2O3/c1-4-22(2,3)19(23)20(25)24-13-16-11-8-12-17(16)18(24)21(26)27-14-15-9-6-5-7-10-15/h5-7,9-10,16-19H,4,8,11-14,23H2,1-3H3/t16-,17-,18-,19+/m0/s1. The van der Waals surface area contributed by atoms with E-state index >= 15 is 0 Å². The van der Waals surface area contributed by atoms with Gasteiger partial charge in [0.05, 0.1) is 6.04 Å². The molecule has 0 unspecified atom stereocenters. The first kappa shape index (κ1) is 19.9. The number of hydrogen-bond donors (Lipinski definition) is 1. The van der Waals surface area contributed by atoms with E-state index in [0.717, 1.165) is 31.2 Å². The molecule has 1 aromatic rings. The van der Waals surface area contributed by atoms with E-state index in [2.05, 4.69) is 0 Å².